The molecule has 25 heavy (non-hydrogen) atoms. The van der Waals surface area contributed by atoms with Gasteiger partial charge in [-0.2, -0.15) is 0 Å². The number of halogens is 2. The minimum absolute atomic E-state index is 0.116. The van der Waals surface area contributed by atoms with Crippen LogP contribution in [0.2, 0.25) is 5.02 Å². The van der Waals surface area contributed by atoms with E-state index in [1.807, 2.05) is 43.3 Å². The third-order valence-corrected chi connectivity index (χ3v) is 3.70. The predicted molar refractivity (Wildman–Crippen MR) is 98.9 cm³/mol. The van der Waals surface area contributed by atoms with E-state index < -0.39 is 17.8 Å². The van der Waals surface area contributed by atoms with Crippen LogP contribution in [0.3, 0.4) is 0 Å². The second kappa shape index (κ2) is 8.48. The number of amides is 1. The maximum absolute atomic E-state index is 13.0. The van der Waals surface area contributed by atoms with Gasteiger partial charge in [-0.1, -0.05) is 28.9 Å². The molecule has 0 unspecified atom stereocenters. The lowest BCUT2D eigenvalue weighted by atomic mass is 10.2. The highest BCUT2D eigenvalue weighted by atomic mass is 35.5. The molecular formula is C18H19ClFN3O2. The fourth-order valence-corrected chi connectivity index (χ4v) is 2.13. The molecule has 0 fully saturated rings. The van der Waals surface area contributed by atoms with Crippen LogP contribution in [-0.4, -0.2) is 32.3 Å². The number of carbonyl (C=O) groups excluding carboxylic acids is 1. The molecule has 0 saturated carbocycles. The highest BCUT2D eigenvalue weighted by molar-refractivity contribution is 6.33. The van der Waals surface area contributed by atoms with Crippen LogP contribution in [0.25, 0.3) is 0 Å². The van der Waals surface area contributed by atoms with E-state index in [9.17, 15) is 9.18 Å². The highest BCUT2D eigenvalue weighted by Crippen LogP contribution is 2.22. The number of nitrogens with zero attached hydrogens (tertiary/aromatic N) is 2. The number of hydrogen-bond donors (Lipinski definition) is 1. The third kappa shape index (κ3) is 5.46. The van der Waals surface area contributed by atoms with Crippen LogP contribution in [0.1, 0.15) is 12.5 Å². The van der Waals surface area contributed by atoms with E-state index in [0.29, 0.717) is 5.69 Å². The second-order valence-corrected chi connectivity index (χ2v) is 5.99. The van der Waals surface area contributed by atoms with Gasteiger partial charge in [-0.3, -0.25) is 4.79 Å². The molecule has 5 nitrogen and oxygen atoms in total. The minimum atomic E-state index is -0.835. The fraction of sp³-hybridized carbons (Fsp3) is 0.222. The Hall–Kier alpha value is -2.60. The third-order valence-electron chi connectivity index (χ3n) is 3.39. The van der Waals surface area contributed by atoms with E-state index in [4.69, 9.17) is 16.4 Å². The Bertz CT molecular complexity index is 763. The molecule has 0 aliphatic rings. The molecule has 2 aromatic rings. The zero-order chi connectivity index (χ0) is 18.4. The van der Waals surface area contributed by atoms with E-state index in [1.54, 1.807) is 6.92 Å². The highest BCUT2D eigenvalue weighted by Gasteiger charge is 2.15. The van der Waals surface area contributed by atoms with Crippen molar-refractivity contribution in [3.63, 3.8) is 0 Å². The summed E-state index contributed by atoms with van der Waals surface area (Å²) in [5, 5.41) is 6.50. The average molecular weight is 364 g/mol. The molecule has 0 saturated heterocycles. The van der Waals surface area contributed by atoms with Gasteiger partial charge in [0.15, 0.2) is 0 Å². The van der Waals surface area contributed by atoms with E-state index >= 15 is 0 Å². The first-order valence-electron chi connectivity index (χ1n) is 7.59. The van der Waals surface area contributed by atoms with Crippen molar-refractivity contribution in [2.24, 2.45) is 5.16 Å². The summed E-state index contributed by atoms with van der Waals surface area (Å²) in [4.78, 5) is 19.2. The summed E-state index contributed by atoms with van der Waals surface area (Å²) >= 11 is 5.87. The Morgan fingerprint density at radius 1 is 1.28 bits per heavy atom. The molecular weight excluding hydrogens is 345 g/mol. The standard InChI is InChI=1S/C18H19ClFN3O2/c1-12(18(24)22-17-9-6-14(20)10-16(17)19)25-21-11-13-4-7-15(8-5-13)23(2)3/h4-12H,1-3H3,(H,22,24)/b21-11-/t12-/m1/s1. The summed E-state index contributed by atoms with van der Waals surface area (Å²) in [6.45, 7) is 1.55. The van der Waals surface area contributed by atoms with E-state index in [1.165, 1.54) is 18.3 Å². The summed E-state index contributed by atoms with van der Waals surface area (Å²) in [5.41, 5.74) is 2.23. The molecule has 0 heterocycles. The number of carbonyl (C=O) groups is 1. The molecule has 1 atom stereocenters. The van der Waals surface area contributed by atoms with Crippen molar-refractivity contribution >= 4 is 35.1 Å². The van der Waals surface area contributed by atoms with Crippen molar-refractivity contribution in [3.8, 4) is 0 Å². The lowest BCUT2D eigenvalue weighted by Crippen LogP contribution is -2.26. The molecule has 0 aliphatic carbocycles. The van der Waals surface area contributed by atoms with Gasteiger partial charge in [-0.15, -0.1) is 0 Å². The first-order valence-corrected chi connectivity index (χ1v) is 7.97. The van der Waals surface area contributed by atoms with Gasteiger partial charge in [0.1, 0.15) is 5.82 Å². The van der Waals surface area contributed by atoms with Gasteiger partial charge >= 0.3 is 0 Å². The zero-order valence-corrected chi connectivity index (χ0v) is 14.9. The zero-order valence-electron chi connectivity index (χ0n) is 14.2. The largest absolute Gasteiger partial charge is 0.383 e. The molecule has 0 aliphatic heterocycles. The number of rotatable bonds is 6. The van der Waals surface area contributed by atoms with Crippen molar-refractivity contribution in [2.45, 2.75) is 13.0 Å². The predicted octanol–water partition coefficient (Wildman–Crippen LogP) is 3.92. The Labute approximate surface area is 151 Å². The number of oxime groups is 1. The van der Waals surface area contributed by atoms with Crippen LogP contribution in [0.5, 0.6) is 0 Å². The molecule has 0 bridgehead atoms. The average Bonchev–Trinajstić information content (AvgIpc) is 2.57. The van der Waals surface area contributed by atoms with Gasteiger partial charge < -0.3 is 15.1 Å². The van der Waals surface area contributed by atoms with Crippen molar-refractivity contribution in [1.29, 1.82) is 0 Å². The maximum Gasteiger partial charge on any atom is 0.268 e. The van der Waals surface area contributed by atoms with Crippen LogP contribution in [0.15, 0.2) is 47.6 Å². The molecule has 0 aromatic heterocycles. The van der Waals surface area contributed by atoms with Gasteiger partial charge in [-0.25, -0.2) is 4.39 Å². The van der Waals surface area contributed by atoms with Crippen LogP contribution in [0.4, 0.5) is 15.8 Å². The van der Waals surface area contributed by atoms with Gasteiger partial charge in [0.05, 0.1) is 16.9 Å². The first kappa shape index (κ1) is 18.7. The van der Waals surface area contributed by atoms with Crippen LogP contribution < -0.4 is 10.2 Å². The van der Waals surface area contributed by atoms with Crippen LogP contribution in [0, 0.1) is 5.82 Å². The summed E-state index contributed by atoms with van der Waals surface area (Å²) in [6, 6.07) is 11.4. The Kier molecular flexibility index (Phi) is 6.36. The van der Waals surface area contributed by atoms with Gasteiger partial charge in [0, 0.05) is 19.8 Å². The lowest BCUT2D eigenvalue weighted by molar-refractivity contribution is -0.126. The number of benzene rings is 2. The van der Waals surface area contributed by atoms with Crippen LogP contribution >= 0.6 is 11.6 Å². The van der Waals surface area contributed by atoms with E-state index in [0.717, 1.165) is 17.3 Å². The van der Waals surface area contributed by atoms with Crippen molar-refractivity contribution in [2.75, 3.05) is 24.3 Å². The molecule has 132 valence electrons. The lowest BCUT2D eigenvalue weighted by Gasteiger charge is -2.12. The maximum atomic E-state index is 13.0. The Morgan fingerprint density at radius 3 is 2.56 bits per heavy atom. The smallest absolute Gasteiger partial charge is 0.268 e. The summed E-state index contributed by atoms with van der Waals surface area (Å²) in [5.74, 6) is -0.911. The summed E-state index contributed by atoms with van der Waals surface area (Å²) < 4.78 is 13.0. The minimum Gasteiger partial charge on any atom is -0.383 e. The quantitative estimate of drug-likeness (QED) is 0.625. The number of hydrogen-bond acceptors (Lipinski definition) is 4. The topological polar surface area (TPSA) is 53.9 Å². The molecule has 1 amide bonds. The van der Waals surface area contributed by atoms with Gasteiger partial charge in [0.25, 0.3) is 5.91 Å². The van der Waals surface area contributed by atoms with E-state index in [2.05, 4.69) is 10.5 Å². The molecule has 0 spiro atoms. The SMILES string of the molecule is C[C@@H](O/N=C\c1ccc(N(C)C)cc1)C(=O)Nc1ccc(F)cc1Cl. The Balaban J connectivity index is 1.90. The van der Waals surface area contributed by atoms with Crippen LogP contribution in [-0.2, 0) is 9.63 Å². The molecule has 1 N–H and O–H groups in total. The molecule has 2 rings (SSSR count). The fourth-order valence-electron chi connectivity index (χ4n) is 1.91. The van der Waals surface area contributed by atoms with E-state index in [-0.39, 0.29) is 5.02 Å². The van der Waals surface area contributed by atoms with Crippen molar-refractivity contribution in [1.82, 2.24) is 0 Å². The van der Waals surface area contributed by atoms with Gasteiger partial charge in [0.2, 0.25) is 6.10 Å². The van der Waals surface area contributed by atoms with Crippen molar-refractivity contribution in [3.05, 3.63) is 58.9 Å². The number of nitrogens with one attached hydrogen (secondary N) is 1. The first-order chi connectivity index (χ1) is 11.9. The normalized spacial score (nSPS) is 12.0. The number of anilines is 2. The van der Waals surface area contributed by atoms with Crippen molar-refractivity contribution < 1.29 is 14.0 Å². The Morgan fingerprint density at radius 2 is 1.96 bits per heavy atom. The molecule has 7 heteroatoms. The van der Waals surface area contributed by atoms with Gasteiger partial charge in [-0.05, 0) is 42.8 Å². The summed E-state index contributed by atoms with van der Waals surface area (Å²) in [6.07, 6.45) is 0.687. The molecule has 2 aromatic carbocycles. The molecule has 0 radical (unpaired) electrons. The summed E-state index contributed by atoms with van der Waals surface area (Å²) in [7, 11) is 3.92. The second-order valence-electron chi connectivity index (χ2n) is 5.58. The monoisotopic (exact) mass is 363 g/mol.